The Morgan fingerprint density at radius 1 is 1.33 bits per heavy atom. The fourth-order valence-electron chi connectivity index (χ4n) is 1.04. The molecule has 2 heterocycles. The summed E-state index contributed by atoms with van der Waals surface area (Å²) in [6.45, 7) is 1.86. The molecule has 0 aliphatic heterocycles. The van der Waals surface area contributed by atoms with Crippen LogP contribution in [-0.2, 0) is 10.8 Å². The van der Waals surface area contributed by atoms with E-state index < -0.39 is 10.8 Å². The number of hydrogen-bond donors (Lipinski definition) is 0. The van der Waals surface area contributed by atoms with Crippen LogP contribution in [0.4, 0.5) is 0 Å². The summed E-state index contributed by atoms with van der Waals surface area (Å²) < 4.78 is 12.1. The van der Waals surface area contributed by atoms with Crippen molar-refractivity contribution < 1.29 is 4.21 Å². The summed E-state index contributed by atoms with van der Waals surface area (Å²) in [7, 11) is -1.01. The van der Waals surface area contributed by atoms with E-state index in [4.69, 9.17) is 0 Å². The molecule has 0 amide bonds. The van der Waals surface area contributed by atoms with E-state index in [2.05, 4.69) is 15.2 Å². The molecular formula is C9H9N3OS2. The lowest BCUT2D eigenvalue weighted by Crippen LogP contribution is -1.92. The third-order valence-corrected chi connectivity index (χ3v) is 4.36. The van der Waals surface area contributed by atoms with Gasteiger partial charge in [-0.15, -0.1) is 10.2 Å². The number of aromatic nitrogens is 3. The van der Waals surface area contributed by atoms with Crippen molar-refractivity contribution in [1.29, 1.82) is 0 Å². The molecule has 2 aromatic rings. The van der Waals surface area contributed by atoms with E-state index in [1.807, 2.05) is 19.1 Å². The Hall–Kier alpha value is -1.14. The lowest BCUT2D eigenvalue weighted by Gasteiger charge is -1.91. The van der Waals surface area contributed by atoms with Crippen LogP contribution in [0.25, 0.3) is 10.6 Å². The van der Waals surface area contributed by atoms with Crippen LogP contribution in [-0.4, -0.2) is 25.1 Å². The van der Waals surface area contributed by atoms with Gasteiger partial charge in [0.05, 0.1) is 10.8 Å². The van der Waals surface area contributed by atoms with Crippen LogP contribution in [0.15, 0.2) is 28.9 Å². The zero-order valence-corrected chi connectivity index (χ0v) is 9.72. The zero-order valence-electron chi connectivity index (χ0n) is 8.08. The highest BCUT2D eigenvalue weighted by atomic mass is 32.2. The first-order valence-corrected chi connectivity index (χ1v) is 6.57. The Balaban J connectivity index is 2.32. The third kappa shape index (κ3) is 2.27. The van der Waals surface area contributed by atoms with Crippen LogP contribution in [0.5, 0.6) is 0 Å². The van der Waals surface area contributed by atoms with Gasteiger partial charge in [-0.2, -0.15) is 0 Å². The SMILES string of the molecule is CCS(=O)c1nnc(-c2ccncc2)s1. The van der Waals surface area contributed by atoms with Crippen molar-refractivity contribution in [3.8, 4) is 10.6 Å². The van der Waals surface area contributed by atoms with Crippen molar-refractivity contribution in [2.24, 2.45) is 0 Å². The first-order chi connectivity index (χ1) is 7.31. The topological polar surface area (TPSA) is 55.7 Å². The minimum absolute atomic E-state index is 0.574. The van der Waals surface area contributed by atoms with Gasteiger partial charge in [-0.25, -0.2) is 0 Å². The maximum atomic E-state index is 11.5. The van der Waals surface area contributed by atoms with Gasteiger partial charge in [0.2, 0.25) is 4.34 Å². The van der Waals surface area contributed by atoms with Crippen molar-refractivity contribution in [2.75, 3.05) is 5.75 Å². The molecule has 4 nitrogen and oxygen atoms in total. The normalized spacial score (nSPS) is 12.6. The Morgan fingerprint density at radius 2 is 2.07 bits per heavy atom. The van der Waals surface area contributed by atoms with E-state index in [0.717, 1.165) is 10.6 Å². The Morgan fingerprint density at radius 3 is 2.73 bits per heavy atom. The molecule has 0 bridgehead atoms. The molecule has 0 aliphatic carbocycles. The molecule has 0 aromatic carbocycles. The van der Waals surface area contributed by atoms with Gasteiger partial charge < -0.3 is 0 Å². The predicted octanol–water partition coefficient (Wildman–Crippen LogP) is 1.73. The molecule has 0 N–H and O–H groups in total. The van der Waals surface area contributed by atoms with Crippen LogP contribution in [0.2, 0.25) is 0 Å². The lowest BCUT2D eigenvalue weighted by molar-refractivity contribution is 0.682. The smallest absolute Gasteiger partial charge is 0.204 e. The summed E-state index contributed by atoms with van der Waals surface area (Å²) in [6, 6.07) is 3.72. The van der Waals surface area contributed by atoms with Crippen molar-refractivity contribution >= 4 is 22.1 Å². The van der Waals surface area contributed by atoms with Crippen LogP contribution in [0.1, 0.15) is 6.92 Å². The molecule has 78 valence electrons. The average Bonchev–Trinajstić information content (AvgIpc) is 2.78. The summed E-state index contributed by atoms with van der Waals surface area (Å²) in [5.74, 6) is 0.574. The van der Waals surface area contributed by atoms with E-state index in [1.54, 1.807) is 12.4 Å². The number of hydrogen-bond acceptors (Lipinski definition) is 5. The quantitative estimate of drug-likeness (QED) is 0.818. The molecule has 2 rings (SSSR count). The van der Waals surface area contributed by atoms with Crippen LogP contribution < -0.4 is 0 Å². The first-order valence-electron chi connectivity index (χ1n) is 4.43. The molecule has 15 heavy (non-hydrogen) atoms. The molecule has 0 aliphatic rings. The van der Waals surface area contributed by atoms with Gasteiger partial charge in [0.1, 0.15) is 5.01 Å². The van der Waals surface area contributed by atoms with Crippen LogP contribution in [0, 0.1) is 0 Å². The maximum absolute atomic E-state index is 11.5. The molecule has 0 spiro atoms. The van der Waals surface area contributed by atoms with Crippen molar-refractivity contribution in [1.82, 2.24) is 15.2 Å². The second-order valence-corrected chi connectivity index (χ2v) is 5.63. The summed E-state index contributed by atoms with van der Waals surface area (Å²) in [4.78, 5) is 3.93. The summed E-state index contributed by atoms with van der Waals surface area (Å²) in [6.07, 6.45) is 3.40. The van der Waals surface area contributed by atoms with Gasteiger partial charge in [-0.1, -0.05) is 18.3 Å². The standard InChI is InChI=1S/C9H9N3OS2/c1-2-15(13)9-12-11-8(14-9)7-3-5-10-6-4-7/h3-6H,2H2,1H3. The van der Waals surface area contributed by atoms with Gasteiger partial charge in [-0.3, -0.25) is 9.19 Å². The largest absolute Gasteiger partial charge is 0.265 e. The summed E-state index contributed by atoms with van der Waals surface area (Å²) in [5.41, 5.74) is 0.960. The van der Waals surface area contributed by atoms with Gasteiger partial charge in [0, 0.05) is 23.7 Å². The van der Waals surface area contributed by atoms with Gasteiger partial charge >= 0.3 is 0 Å². The second kappa shape index (κ2) is 4.59. The average molecular weight is 239 g/mol. The summed E-state index contributed by atoms with van der Waals surface area (Å²) in [5, 5.41) is 8.70. The van der Waals surface area contributed by atoms with Gasteiger partial charge in [0.15, 0.2) is 0 Å². The third-order valence-electron chi connectivity index (χ3n) is 1.79. The Labute approximate surface area is 93.9 Å². The van der Waals surface area contributed by atoms with E-state index in [9.17, 15) is 4.21 Å². The monoisotopic (exact) mass is 239 g/mol. The maximum Gasteiger partial charge on any atom is 0.204 e. The van der Waals surface area contributed by atoms with E-state index in [-0.39, 0.29) is 0 Å². The van der Waals surface area contributed by atoms with Crippen LogP contribution in [0.3, 0.4) is 0 Å². The first kappa shape index (κ1) is 10.4. The van der Waals surface area contributed by atoms with Crippen molar-refractivity contribution in [3.05, 3.63) is 24.5 Å². The number of pyridine rings is 1. The molecule has 0 fully saturated rings. The van der Waals surface area contributed by atoms with E-state index in [1.165, 1.54) is 11.3 Å². The molecular weight excluding hydrogens is 230 g/mol. The highest BCUT2D eigenvalue weighted by Crippen LogP contribution is 2.24. The molecule has 1 unspecified atom stereocenters. The fourth-order valence-corrected chi connectivity index (χ4v) is 2.96. The zero-order chi connectivity index (χ0) is 10.7. The van der Waals surface area contributed by atoms with E-state index >= 15 is 0 Å². The fraction of sp³-hybridized carbons (Fsp3) is 0.222. The molecule has 0 saturated carbocycles. The minimum atomic E-state index is -1.01. The number of nitrogens with zero attached hydrogens (tertiary/aromatic N) is 3. The number of rotatable bonds is 3. The van der Waals surface area contributed by atoms with E-state index in [0.29, 0.717) is 10.1 Å². The minimum Gasteiger partial charge on any atom is -0.265 e. The molecule has 0 radical (unpaired) electrons. The predicted molar refractivity (Wildman–Crippen MR) is 60.1 cm³/mol. The summed E-state index contributed by atoms with van der Waals surface area (Å²) >= 11 is 1.37. The lowest BCUT2D eigenvalue weighted by atomic mass is 10.3. The molecule has 6 heteroatoms. The Kier molecular flexibility index (Phi) is 3.17. The van der Waals surface area contributed by atoms with Crippen molar-refractivity contribution in [3.63, 3.8) is 0 Å². The van der Waals surface area contributed by atoms with Gasteiger partial charge in [0.25, 0.3) is 0 Å². The van der Waals surface area contributed by atoms with Crippen molar-refractivity contribution in [2.45, 2.75) is 11.3 Å². The molecule has 2 aromatic heterocycles. The van der Waals surface area contributed by atoms with Crippen LogP contribution >= 0.6 is 11.3 Å². The molecule has 1 atom stereocenters. The highest BCUT2D eigenvalue weighted by Gasteiger charge is 2.10. The van der Waals surface area contributed by atoms with Gasteiger partial charge in [-0.05, 0) is 12.1 Å². The Bertz CT molecular complexity index is 469. The highest BCUT2D eigenvalue weighted by molar-refractivity contribution is 7.87. The molecule has 0 saturated heterocycles. The second-order valence-electron chi connectivity index (χ2n) is 2.74.